The smallest absolute Gasteiger partial charge is 0.339 e. The van der Waals surface area contributed by atoms with Gasteiger partial charge in [0.25, 0.3) is 0 Å². The van der Waals surface area contributed by atoms with Crippen LogP contribution in [0.25, 0.3) is 10.9 Å². The van der Waals surface area contributed by atoms with Crippen molar-refractivity contribution in [1.29, 1.82) is 0 Å². The van der Waals surface area contributed by atoms with E-state index < -0.39 is 5.97 Å². The molecule has 1 aromatic carbocycles. The summed E-state index contributed by atoms with van der Waals surface area (Å²) in [6, 6.07) is 10.9. The second kappa shape index (κ2) is 9.49. The molecule has 3 rings (SSSR count). The van der Waals surface area contributed by atoms with Crippen LogP contribution in [0.2, 0.25) is 0 Å². The SMILES string of the molecule is CC(C)CN.Nc1cccc2c(NCc3ccccn3)c(C(=O)O)cnc12. The number of aromatic nitrogens is 2. The number of carbonyl (C=O) groups is 1. The summed E-state index contributed by atoms with van der Waals surface area (Å²) in [6.07, 6.45) is 3.01. The molecule has 3 aromatic rings. The predicted octanol–water partition coefficient (Wildman–Crippen LogP) is 3.12. The average molecular weight is 367 g/mol. The van der Waals surface area contributed by atoms with E-state index >= 15 is 0 Å². The number of nitrogens with one attached hydrogen (secondary N) is 1. The molecule has 0 radical (unpaired) electrons. The van der Waals surface area contributed by atoms with E-state index in [-0.39, 0.29) is 5.56 Å². The molecule has 0 atom stereocenters. The summed E-state index contributed by atoms with van der Waals surface area (Å²) in [6.45, 7) is 5.41. The Balaban J connectivity index is 0.000000465. The van der Waals surface area contributed by atoms with Crippen LogP contribution < -0.4 is 16.8 Å². The number of carboxylic acids is 1. The van der Waals surface area contributed by atoms with E-state index in [2.05, 4.69) is 29.1 Å². The van der Waals surface area contributed by atoms with Crippen LogP contribution in [0.4, 0.5) is 11.4 Å². The monoisotopic (exact) mass is 367 g/mol. The van der Waals surface area contributed by atoms with Crippen molar-refractivity contribution in [2.75, 3.05) is 17.6 Å². The number of pyridine rings is 2. The number of nitrogens with zero attached hydrogens (tertiary/aromatic N) is 2. The van der Waals surface area contributed by atoms with Crippen LogP contribution in [0, 0.1) is 5.92 Å². The van der Waals surface area contributed by atoms with E-state index in [9.17, 15) is 9.90 Å². The summed E-state index contributed by atoms with van der Waals surface area (Å²) >= 11 is 0. The Kier molecular flexibility index (Phi) is 7.08. The largest absolute Gasteiger partial charge is 0.478 e. The predicted molar refractivity (Wildman–Crippen MR) is 109 cm³/mol. The maximum absolute atomic E-state index is 11.4. The van der Waals surface area contributed by atoms with Crippen molar-refractivity contribution in [3.05, 3.63) is 60.0 Å². The number of benzene rings is 1. The number of para-hydroxylation sites is 1. The van der Waals surface area contributed by atoms with Crippen molar-refractivity contribution in [2.24, 2.45) is 11.7 Å². The van der Waals surface area contributed by atoms with Gasteiger partial charge in [0.05, 0.1) is 29.1 Å². The van der Waals surface area contributed by atoms with Gasteiger partial charge in [-0.15, -0.1) is 0 Å². The maximum atomic E-state index is 11.4. The third-order valence-electron chi connectivity index (χ3n) is 3.80. The van der Waals surface area contributed by atoms with Crippen molar-refractivity contribution >= 4 is 28.2 Å². The standard InChI is InChI=1S/C16H14N4O2.C4H11N/c17-13-6-3-5-11-14(12(16(21)22)9-20-15(11)13)19-8-10-4-1-2-7-18-10;1-4(2)3-5/h1-7,9H,8,17H2,(H,19,20)(H,21,22);4H,3,5H2,1-2H3. The lowest BCUT2D eigenvalue weighted by Gasteiger charge is -2.13. The lowest BCUT2D eigenvalue weighted by molar-refractivity contribution is 0.0697. The number of aromatic carboxylic acids is 1. The molecule has 6 N–H and O–H groups in total. The molecule has 0 amide bonds. The van der Waals surface area contributed by atoms with E-state index in [0.29, 0.717) is 34.7 Å². The normalized spacial score (nSPS) is 10.4. The third kappa shape index (κ3) is 5.39. The van der Waals surface area contributed by atoms with E-state index in [4.69, 9.17) is 11.5 Å². The first kappa shape index (κ1) is 20.1. The highest BCUT2D eigenvalue weighted by atomic mass is 16.4. The van der Waals surface area contributed by atoms with Crippen molar-refractivity contribution in [2.45, 2.75) is 20.4 Å². The number of fused-ring (bicyclic) bond motifs is 1. The number of nitrogens with two attached hydrogens (primary N) is 2. The van der Waals surface area contributed by atoms with Gasteiger partial charge in [-0.2, -0.15) is 0 Å². The van der Waals surface area contributed by atoms with Crippen LogP contribution in [-0.2, 0) is 6.54 Å². The van der Waals surface area contributed by atoms with Crippen LogP contribution in [0.15, 0.2) is 48.8 Å². The molecule has 0 saturated heterocycles. The Bertz CT molecular complexity index is 898. The topological polar surface area (TPSA) is 127 Å². The van der Waals surface area contributed by atoms with E-state index in [0.717, 1.165) is 12.2 Å². The molecular weight excluding hydrogens is 342 g/mol. The van der Waals surface area contributed by atoms with Crippen LogP contribution in [0.1, 0.15) is 29.9 Å². The van der Waals surface area contributed by atoms with Gasteiger partial charge in [-0.25, -0.2) is 4.79 Å². The summed E-state index contributed by atoms with van der Waals surface area (Å²) < 4.78 is 0. The molecule has 0 aliphatic rings. The first-order chi connectivity index (χ1) is 12.9. The Morgan fingerprint density at radius 1 is 1.19 bits per heavy atom. The summed E-state index contributed by atoms with van der Waals surface area (Å²) in [7, 11) is 0. The molecule has 2 aromatic heterocycles. The molecule has 2 heterocycles. The highest BCUT2D eigenvalue weighted by Gasteiger charge is 2.15. The summed E-state index contributed by atoms with van der Waals surface area (Å²) in [5, 5.41) is 13.2. The van der Waals surface area contributed by atoms with Gasteiger partial charge in [-0.05, 0) is 30.7 Å². The molecule has 0 bridgehead atoms. The van der Waals surface area contributed by atoms with Crippen molar-refractivity contribution in [3.63, 3.8) is 0 Å². The van der Waals surface area contributed by atoms with Gasteiger partial charge < -0.3 is 21.9 Å². The summed E-state index contributed by atoms with van der Waals surface area (Å²) in [4.78, 5) is 19.8. The molecule has 0 saturated carbocycles. The minimum absolute atomic E-state index is 0.106. The molecule has 7 heteroatoms. The van der Waals surface area contributed by atoms with Crippen LogP contribution in [0.5, 0.6) is 0 Å². The van der Waals surface area contributed by atoms with Gasteiger partial charge in [0.1, 0.15) is 5.56 Å². The van der Waals surface area contributed by atoms with Crippen molar-refractivity contribution in [1.82, 2.24) is 9.97 Å². The summed E-state index contributed by atoms with van der Waals surface area (Å²) in [5.74, 6) is -0.379. The van der Waals surface area contributed by atoms with Crippen molar-refractivity contribution < 1.29 is 9.90 Å². The molecule has 0 spiro atoms. The molecule has 142 valence electrons. The molecule has 0 aliphatic carbocycles. The third-order valence-corrected chi connectivity index (χ3v) is 3.80. The lowest BCUT2D eigenvalue weighted by atomic mass is 10.1. The lowest BCUT2D eigenvalue weighted by Crippen LogP contribution is -2.09. The van der Waals surface area contributed by atoms with Crippen LogP contribution >= 0.6 is 0 Å². The van der Waals surface area contributed by atoms with Crippen molar-refractivity contribution in [3.8, 4) is 0 Å². The highest BCUT2D eigenvalue weighted by Crippen LogP contribution is 2.29. The maximum Gasteiger partial charge on any atom is 0.339 e. The molecule has 27 heavy (non-hydrogen) atoms. The quantitative estimate of drug-likeness (QED) is 0.510. The van der Waals surface area contributed by atoms with E-state index in [1.54, 1.807) is 24.4 Å². The summed E-state index contributed by atoms with van der Waals surface area (Å²) in [5.41, 5.74) is 13.6. The van der Waals surface area contributed by atoms with Crippen LogP contribution in [-0.4, -0.2) is 27.6 Å². The number of anilines is 2. The average Bonchev–Trinajstić information content (AvgIpc) is 2.67. The molecule has 7 nitrogen and oxygen atoms in total. The second-order valence-electron chi connectivity index (χ2n) is 6.40. The zero-order valence-electron chi connectivity index (χ0n) is 15.5. The minimum atomic E-state index is -1.04. The Labute approximate surface area is 158 Å². The fraction of sp³-hybridized carbons (Fsp3) is 0.250. The molecular formula is C20H25N5O2. The van der Waals surface area contributed by atoms with Gasteiger partial charge in [0.15, 0.2) is 0 Å². The van der Waals surface area contributed by atoms with Gasteiger partial charge in [-0.1, -0.05) is 32.0 Å². The second-order valence-corrected chi connectivity index (χ2v) is 6.40. The van der Waals surface area contributed by atoms with Gasteiger partial charge in [0, 0.05) is 17.8 Å². The Hall–Kier alpha value is -3.19. The molecule has 0 unspecified atom stereocenters. The minimum Gasteiger partial charge on any atom is -0.478 e. The number of hydrogen-bond donors (Lipinski definition) is 4. The molecule has 0 fully saturated rings. The zero-order valence-corrected chi connectivity index (χ0v) is 15.5. The Morgan fingerprint density at radius 3 is 2.52 bits per heavy atom. The van der Waals surface area contributed by atoms with Gasteiger partial charge in [0.2, 0.25) is 0 Å². The fourth-order valence-corrected chi connectivity index (χ4v) is 2.28. The van der Waals surface area contributed by atoms with Gasteiger partial charge in [-0.3, -0.25) is 9.97 Å². The zero-order chi connectivity index (χ0) is 19.8. The number of hydrogen-bond acceptors (Lipinski definition) is 6. The van der Waals surface area contributed by atoms with Gasteiger partial charge >= 0.3 is 5.97 Å². The first-order valence-corrected chi connectivity index (χ1v) is 8.68. The van der Waals surface area contributed by atoms with E-state index in [1.807, 2.05) is 18.2 Å². The highest BCUT2D eigenvalue weighted by molar-refractivity contribution is 6.06. The number of rotatable bonds is 5. The number of nitrogen functional groups attached to an aromatic ring is 1. The first-order valence-electron chi connectivity index (χ1n) is 8.68. The fourth-order valence-electron chi connectivity index (χ4n) is 2.28. The molecule has 0 aliphatic heterocycles. The van der Waals surface area contributed by atoms with Crippen LogP contribution in [0.3, 0.4) is 0 Å². The van der Waals surface area contributed by atoms with E-state index in [1.165, 1.54) is 6.20 Å². The Morgan fingerprint density at radius 2 is 1.93 bits per heavy atom. The number of carboxylic acid groups (broad SMARTS) is 1.